The first-order valence-corrected chi connectivity index (χ1v) is 6.14. The Morgan fingerprint density at radius 2 is 2.14 bits per heavy atom. The first-order chi connectivity index (χ1) is 9.81. The van der Waals surface area contributed by atoms with Crippen LogP contribution in [-0.4, -0.2) is 34.3 Å². The third-order valence-electron chi connectivity index (χ3n) is 3.13. The van der Waals surface area contributed by atoms with Crippen LogP contribution in [-0.2, 0) is 7.05 Å². The molecule has 0 aliphatic carbocycles. The van der Waals surface area contributed by atoms with Crippen molar-refractivity contribution in [2.45, 2.75) is 0 Å². The van der Waals surface area contributed by atoms with E-state index in [4.69, 9.17) is 4.98 Å². The summed E-state index contributed by atoms with van der Waals surface area (Å²) in [4.78, 5) is 9.04. The minimum Gasteiger partial charge on any atom is -0.283 e. The standard InChI is InChI=1S/C13H11N7.ClH/c1-19-8-9(7-16-19)11-6-12-14-4-5-20(12)13(17-11)10-2-3-15-18-10;/h2-8H,1H3,(H,15,18);1H. The summed E-state index contributed by atoms with van der Waals surface area (Å²) in [5.74, 6) is 0.774. The summed E-state index contributed by atoms with van der Waals surface area (Å²) < 4.78 is 3.68. The van der Waals surface area contributed by atoms with Crippen LogP contribution >= 0.6 is 12.4 Å². The second-order valence-corrected chi connectivity index (χ2v) is 4.49. The number of aromatic amines is 1. The number of halogens is 1. The average molecular weight is 302 g/mol. The fourth-order valence-electron chi connectivity index (χ4n) is 2.20. The minimum absolute atomic E-state index is 0. The summed E-state index contributed by atoms with van der Waals surface area (Å²) >= 11 is 0. The van der Waals surface area contributed by atoms with Gasteiger partial charge in [-0.2, -0.15) is 10.2 Å². The molecule has 0 amide bonds. The largest absolute Gasteiger partial charge is 0.283 e. The molecule has 4 aromatic heterocycles. The molecule has 0 spiro atoms. The van der Waals surface area contributed by atoms with Gasteiger partial charge in [0.15, 0.2) is 5.82 Å². The smallest absolute Gasteiger partial charge is 0.164 e. The van der Waals surface area contributed by atoms with Crippen LogP contribution in [0.5, 0.6) is 0 Å². The first-order valence-electron chi connectivity index (χ1n) is 6.14. The quantitative estimate of drug-likeness (QED) is 0.614. The Balaban J connectivity index is 0.00000132. The Morgan fingerprint density at radius 3 is 2.86 bits per heavy atom. The van der Waals surface area contributed by atoms with Crippen LogP contribution < -0.4 is 0 Å². The number of imidazole rings is 1. The number of nitrogens with one attached hydrogen (secondary N) is 1. The van der Waals surface area contributed by atoms with Gasteiger partial charge in [0.25, 0.3) is 0 Å². The van der Waals surface area contributed by atoms with Crippen LogP contribution in [0.4, 0.5) is 0 Å². The molecular formula is C13H12ClN7. The molecular weight excluding hydrogens is 290 g/mol. The lowest BCUT2D eigenvalue weighted by atomic mass is 10.2. The van der Waals surface area contributed by atoms with Gasteiger partial charge in [0.05, 0.1) is 11.9 Å². The van der Waals surface area contributed by atoms with Crippen LogP contribution in [0, 0.1) is 0 Å². The zero-order valence-corrected chi connectivity index (χ0v) is 11.9. The van der Waals surface area contributed by atoms with Crippen molar-refractivity contribution < 1.29 is 0 Å². The first kappa shape index (κ1) is 13.3. The fraction of sp³-hybridized carbons (Fsp3) is 0.0769. The van der Waals surface area contributed by atoms with E-state index in [1.54, 1.807) is 23.3 Å². The van der Waals surface area contributed by atoms with E-state index in [0.717, 1.165) is 28.4 Å². The van der Waals surface area contributed by atoms with E-state index in [1.807, 2.05) is 36.0 Å². The predicted molar refractivity (Wildman–Crippen MR) is 80.0 cm³/mol. The Labute approximate surface area is 126 Å². The second-order valence-electron chi connectivity index (χ2n) is 4.49. The molecule has 0 radical (unpaired) electrons. The Kier molecular flexibility index (Phi) is 3.19. The number of aryl methyl sites for hydroxylation is 1. The normalized spacial score (nSPS) is 10.7. The Morgan fingerprint density at radius 1 is 1.24 bits per heavy atom. The minimum atomic E-state index is 0. The third-order valence-corrected chi connectivity index (χ3v) is 3.13. The number of hydrogen-bond acceptors (Lipinski definition) is 4. The lowest BCUT2D eigenvalue weighted by Gasteiger charge is -2.05. The Bertz CT molecular complexity index is 875. The van der Waals surface area contributed by atoms with E-state index >= 15 is 0 Å². The number of rotatable bonds is 2. The summed E-state index contributed by atoms with van der Waals surface area (Å²) in [5, 5.41) is 11.1. The maximum Gasteiger partial charge on any atom is 0.164 e. The maximum absolute atomic E-state index is 4.70. The summed E-state index contributed by atoms with van der Waals surface area (Å²) in [6.07, 6.45) is 9.06. The van der Waals surface area contributed by atoms with Crippen molar-refractivity contribution in [3.63, 3.8) is 0 Å². The molecule has 8 heteroatoms. The highest BCUT2D eigenvalue weighted by Gasteiger charge is 2.11. The molecule has 4 rings (SSSR count). The maximum atomic E-state index is 4.70. The van der Waals surface area contributed by atoms with Crippen molar-refractivity contribution in [2.24, 2.45) is 7.05 Å². The monoisotopic (exact) mass is 301 g/mol. The highest BCUT2D eigenvalue weighted by Crippen LogP contribution is 2.23. The molecule has 0 saturated heterocycles. The van der Waals surface area contributed by atoms with E-state index in [1.165, 1.54) is 0 Å². The molecule has 106 valence electrons. The van der Waals surface area contributed by atoms with Gasteiger partial charge in [-0.15, -0.1) is 12.4 Å². The van der Waals surface area contributed by atoms with Gasteiger partial charge in [-0.05, 0) is 6.07 Å². The summed E-state index contributed by atoms with van der Waals surface area (Å²) in [7, 11) is 1.88. The molecule has 21 heavy (non-hydrogen) atoms. The number of aromatic nitrogens is 7. The van der Waals surface area contributed by atoms with Gasteiger partial charge < -0.3 is 0 Å². The highest BCUT2D eigenvalue weighted by atomic mass is 35.5. The molecule has 0 saturated carbocycles. The van der Waals surface area contributed by atoms with Crippen molar-refractivity contribution in [2.75, 3.05) is 0 Å². The zero-order chi connectivity index (χ0) is 13.5. The highest BCUT2D eigenvalue weighted by molar-refractivity contribution is 5.85. The van der Waals surface area contributed by atoms with Gasteiger partial charge in [0.1, 0.15) is 11.3 Å². The van der Waals surface area contributed by atoms with E-state index < -0.39 is 0 Å². The molecule has 0 fully saturated rings. The zero-order valence-electron chi connectivity index (χ0n) is 11.1. The molecule has 0 aliphatic heterocycles. The van der Waals surface area contributed by atoms with Gasteiger partial charge in [-0.3, -0.25) is 14.2 Å². The SMILES string of the molecule is Cl.Cn1cc(-c2cc3nccn3c(-c3ccn[nH]3)n2)cn1. The summed E-state index contributed by atoms with van der Waals surface area (Å²) in [6, 6.07) is 3.83. The lowest BCUT2D eigenvalue weighted by molar-refractivity contribution is 0.768. The van der Waals surface area contributed by atoms with E-state index in [2.05, 4.69) is 20.3 Å². The Hall–Kier alpha value is -2.67. The van der Waals surface area contributed by atoms with E-state index in [0.29, 0.717) is 0 Å². The summed E-state index contributed by atoms with van der Waals surface area (Å²) in [5.41, 5.74) is 3.47. The van der Waals surface area contributed by atoms with Gasteiger partial charge in [-0.1, -0.05) is 0 Å². The van der Waals surface area contributed by atoms with Crippen molar-refractivity contribution in [1.82, 2.24) is 34.3 Å². The predicted octanol–water partition coefficient (Wildman–Crippen LogP) is 1.94. The van der Waals surface area contributed by atoms with Crippen molar-refractivity contribution in [1.29, 1.82) is 0 Å². The fourth-order valence-corrected chi connectivity index (χ4v) is 2.20. The topological polar surface area (TPSA) is 76.7 Å². The third kappa shape index (κ3) is 2.17. The van der Waals surface area contributed by atoms with Crippen LogP contribution in [0.25, 0.3) is 28.4 Å². The van der Waals surface area contributed by atoms with Gasteiger partial charge >= 0.3 is 0 Å². The summed E-state index contributed by atoms with van der Waals surface area (Å²) in [6.45, 7) is 0. The second kappa shape index (κ2) is 5.02. The van der Waals surface area contributed by atoms with Crippen LogP contribution in [0.15, 0.2) is 43.1 Å². The number of hydrogen-bond donors (Lipinski definition) is 1. The number of nitrogens with zero attached hydrogens (tertiary/aromatic N) is 6. The molecule has 1 N–H and O–H groups in total. The van der Waals surface area contributed by atoms with Crippen LogP contribution in [0.3, 0.4) is 0 Å². The molecule has 4 aromatic rings. The van der Waals surface area contributed by atoms with E-state index in [9.17, 15) is 0 Å². The van der Waals surface area contributed by atoms with E-state index in [-0.39, 0.29) is 12.4 Å². The molecule has 0 aromatic carbocycles. The van der Waals surface area contributed by atoms with Gasteiger partial charge in [-0.25, -0.2) is 9.97 Å². The molecule has 0 unspecified atom stereocenters. The van der Waals surface area contributed by atoms with Crippen molar-refractivity contribution in [3.8, 4) is 22.8 Å². The molecule has 7 nitrogen and oxygen atoms in total. The van der Waals surface area contributed by atoms with Crippen molar-refractivity contribution >= 4 is 18.1 Å². The molecule has 0 aliphatic rings. The number of H-pyrrole nitrogens is 1. The number of fused-ring (bicyclic) bond motifs is 1. The van der Waals surface area contributed by atoms with Gasteiger partial charge in [0.2, 0.25) is 0 Å². The van der Waals surface area contributed by atoms with Gasteiger partial charge in [0, 0.05) is 43.5 Å². The molecule has 0 atom stereocenters. The van der Waals surface area contributed by atoms with Crippen LogP contribution in [0.1, 0.15) is 0 Å². The lowest BCUT2D eigenvalue weighted by Crippen LogP contribution is -1.97. The van der Waals surface area contributed by atoms with Crippen LogP contribution in [0.2, 0.25) is 0 Å². The molecule has 0 bridgehead atoms. The van der Waals surface area contributed by atoms with Crippen molar-refractivity contribution in [3.05, 3.63) is 43.1 Å². The average Bonchev–Trinajstić information content (AvgIpc) is 3.18. The molecule has 4 heterocycles.